The summed E-state index contributed by atoms with van der Waals surface area (Å²) < 4.78 is 0. The minimum absolute atomic E-state index is 0.702. The molecule has 0 unspecified atom stereocenters. The molecule has 1 atom stereocenters. The van der Waals surface area contributed by atoms with Gasteiger partial charge in [-0.2, -0.15) is 0 Å². The molecule has 20 heavy (non-hydrogen) atoms. The Balaban J connectivity index is 1.45. The van der Waals surface area contributed by atoms with Gasteiger partial charge in [0.2, 0.25) is 0 Å². The minimum Gasteiger partial charge on any atom is -0.370 e. The van der Waals surface area contributed by atoms with Crippen LogP contribution in [0.5, 0.6) is 0 Å². The third-order valence-electron chi connectivity index (χ3n) is 3.74. The van der Waals surface area contributed by atoms with Crippen molar-refractivity contribution in [2.45, 2.75) is 13.0 Å². The summed E-state index contributed by atoms with van der Waals surface area (Å²) in [6.07, 6.45) is 6.86. The van der Waals surface area contributed by atoms with Gasteiger partial charge in [0.1, 0.15) is 5.82 Å². The Kier molecular flexibility index (Phi) is 4.23. The summed E-state index contributed by atoms with van der Waals surface area (Å²) in [7, 11) is 0. The summed E-state index contributed by atoms with van der Waals surface area (Å²) in [5.41, 5.74) is 1.30. The first-order chi connectivity index (χ1) is 9.90. The Morgan fingerprint density at radius 1 is 1.20 bits per heavy atom. The molecule has 3 rings (SSSR count). The van der Waals surface area contributed by atoms with Gasteiger partial charge in [-0.05, 0) is 42.6 Å². The lowest BCUT2D eigenvalue weighted by molar-refractivity contribution is 0.318. The highest BCUT2D eigenvalue weighted by Gasteiger charge is 2.22. The van der Waals surface area contributed by atoms with E-state index in [0.717, 1.165) is 25.5 Å². The van der Waals surface area contributed by atoms with Crippen LogP contribution in [-0.2, 0) is 6.54 Å². The molecular formula is C16H20N4. The number of aromatic nitrogens is 2. The molecule has 3 heterocycles. The molecule has 1 aliphatic heterocycles. The first-order valence-electron chi connectivity index (χ1n) is 7.16. The topological polar surface area (TPSA) is 41.0 Å². The molecule has 2 aromatic rings. The van der Waals surface area contributed by atoms with E-state index in [1.165, 1.54) is 18.5 Å². The molecule has 104 valence electrons. The molecule has 0 saturated carbocycles. The molecule has 1 saturated heterocycles. The second-order valence-corrected chi connectivity index (χ2v) is 5.35. The van der Waals surface area contributed by atoms with E-state index in [1.807, 2.05) is 42.9 Å². The number of rotatable bonds is 5. The van der Waals surface area contributed by atoms with E-state index in [9.17, 15) is 0 Å². The number of anilines is 1. The lowest BCUT2D eigenvalue weighted by Gasteiger charge is -2.16. The lowest BCUT2D eigenvalue weighted by Crippen LogP contribution is -2.22. The van der Waals surface area contributed by atoms with Crippen molar-refractivity contribution in [3.63, 3.8) is 0 Å². The van der Waals surface area contributed by atoms with Crippen molar-refractivity contribution in [2.75, 3.05) is 25.0 Å². The highest BCUT2D eigenvalue weighted by molar-refractivity contribution is 5.33. The first-order valence-corrected chi connectivity index (χ1v) is 7.16. The largest absolute Gasteiger partial charge is 0.370 e. The van der Waals surface area contributed by atoms with Gasteiger partial charge in [0.05, 0.1) is 0 Å². The fourth-order valence-electron chi connectivity index (χ4n) is 2.69. The maximum absolute atomic E-state index is 4.29. The van der Waals surface area contributed by atoms with Crippen molar-refractivity contribution in [1.82, 2.24) is 14.9 Å². The average Bonchev–Trinajstić information content (AvgIpc) is 2.95. The summed E-state index contributed by atoms with van der Waals surface area (Å²) in [4.78, 5) is 11.0. The zero-order chi connectivity index (χ0) is 13.6. The molecule has 0 radical (unpaired) electrons. The third kappa shape index (κ3) is 3.54. The Bertz CT molecular complexity index is 515. The summed E-state index contributed by atoms with van der Waals surface area (Å²) in [6.45, 7) is 4.33. The number of pyridine rings is 2. The quantitative estimate of drug-likeness (QED) is 0.904. The van der Waals surface area contributed by atoms with Gasteiger partial charge in [0.15, 0.2) is 0 Å². The van der Waals surface area contributed by atoms with E-state index in [4.69, 9.17) is 0 Å². The van der Waals surface area contributed by atoms with Gasteiger partial charge in [-0.3, -0.25) is 9.88 Å². The molecule has 0 aromatic carbocycles. The second kappa shape index (κ2) is 6.48. The number of hydrogen-bond donors (Lipinski definition) is 1. The second-order valence-electron chi connectivity index (χ2n) is 5.35. The third-order valence-corrected chi connectivity index (χ3v) is 3.74. The van der Waals surface area contributed by atoms with Crippen molar-refractivity contribution >= 4 is 5.82 Å². The molecule has 0 amide bonds. The highest BCUT2D eigenvalue weighted by Crippen LogP contribution is 2.18. The summed E-state index contributed by atoms with van der Waals surface area (Å²) >= 11 is 0. The van der Waals surface area contributed by atoms with Crippen molar-refractivity contribution in [3.05, 3.63) is 54.5 Å². The molecule has 4 heteroatoms. The zero-order valence-electron chi connectivity index (χ0n) is 11.6. The Morgan fingerprint density at radius 3 is 3.00 bits per heavy atom. The molecule has 1 aliphatic rings. The fraction of sp³-hybridized carbons (Fsp3) is 0.375. The van der Waals surface area contributed by atoms with Crippen LogP contribution in [0, 0.1) is 5.92 Å². The molecule has 4 nitrogen and oxygen atoms in total. The van der Waals surface area contributed by atoms with Crippen LogP contribution in [0.3, 0.4) is 0 Å². The van der Waals surface area contributed by atoms with Crippen molar-refractivity contribution in [2.24, 2.45) is 5.92 Å². The predicted octanol–water partition coefficient (Wildman–Crippen LogP) is 2.41. The van der Waals surface area contributed by atoms with Gasteiger partial charge in [-0.15, -0.1) is 0 Å². The lowest BCUT2D eigenvalue weighted by atomic mass is 10.1. The predicted molar refractivity (Wildman–Crippen MR) is 80.3 cm³/mol. The monoisotopic (exact) mass is 268 g/mol. The van der Waals surface area contributed by atoms with Crippen molar-refractivity contribution in [1.29, 1.82) is 0 Å². The summed E-state index contributed by atoms with van der Waals surface area (Å²) in [6, 6.07) is 10.1. The van der Waals surface area contributed by atoms with Crippen LogP contribution in [0.4, 0.5) is 5.82 Å². The summed E-state index contributed by atoms with van der Waals surface area (Å²) in [5, 5.41) is 3.42. The van der Waals surface area contributed by atoms with Gasteiger partial charge in [-0.25, -0.2) is 4.98 Å². The Morgan fingerprint density at radius 2 is 2.20 bits per heavy atom. The van der Waals surface area contributed by atoms with Crippen LogP contribution < -0.4 is 5.32 Å². The van der Waals surface area contributed by atoms with Gasteiger partial charge in [-0.1, -0.05) is 12.1 Å². The van der Waals surface area contributed by atoms with Crippen LogP contribution in [0.2, 0.25) is 0 Å². The van der Waals surface area contributed by atoms with E-state index in [2.05, 4.69) is 26.3 Å². The van der Waals surface area contributed by atoms with E-state index in [-0.39, 0.29) is 0 Å². The van der Waals surface area contributed by atoms with Crippen molar-refractivity contribution in [3.8, 4) is 0 Å². The molecule has 2 aromatic heterocycles. The van der Waals surface area contributed by atoms with E-state index in [1.54, 1.807) is 0 Å². The van der Waals surface area contributed by atoms with E-state index in [0.29, 0.717) is 5.92 Å². The minimum atomic E-state index is 0.702. The molecule has 0 bridgehead atoms. The molecule has 1 fully saturated rings. The van der Waals surface area contributed by atoms with Crippen LogP contribution in [0.1, 0.15) is 12.0 Å². The van der Waals surface area contributed by atoms with Gasteiger partial charge in [0, 0.05) is 38.2 Å². The van der Waals surface area contributed by atoms with Crippen LogP contribution in [0.15, 0.2) is 48.9 Å². The van der Waals surface area contributed by atoms with Crippen LogP contribution in [-0.4, -0.2) is 34.5 Å². The van der Waals surface area contributed by atoms with Gasteiger partial charge in [0.25, 0.3) is 0 Å². The van der Waals surface area contributed by atoms with E-state index < -0.39 is 0 Å². The smallest absolute Gasteiger partial charge is 0.125 e. The Hall–Kier alpha value is -1.94. The summed E-state index contributed by atoms with van der Waals surface area (Å²) in [5.74, 6) is 1.67. The zero-order valence-corrected chi connectivity index (χ0v) is 11.6. The number of nitrogens with zero attached hydrogens (tertiary/aromatic N) is 3. The highest BCUT2D eigenvalue weighted by atomic mass is 15.2. The number of nitrogens with one attached hydrogen (secondary N) is 1. The van der Waals surface area contributed by atoms with Gasteiger partial charge < -0.3 is 5.32 Å². The van der Waals surface area contributed by atoms with Crippen LogP contribution in [0.25, 0.3) is 0 Å². The maximum Gasteiger partial charge on any atom is 0.125 e. The van der Waals surface area contributed by atoms with Crippen LogP contribution >= 0.6 is 0 Å². The first kappa shape index (κ1) is 13.1. The molecular weight excluding hydrogens is 248 g/mol. The normalized spacial score (nSPS) is 19.1. The number of likely N-dealkylation sites (tertiary alicyclic amines) is 1. The fourth-order valence-corrected chi connectivity index (χ4v) is 2.69. The average molecular weight is 268 g/mol. The Labute approximate surface area is 119 Å². The van der Waals surface area contributed by atoms with Crippen molar-refractivity contribution < 1.29 is 0 Å². The number of hydrogen-bond acceptors (Lipinski definition) is 4. The molecule has 0 spiro atoms. The standard InChI is InChI=1S/C16H20N4/c1-2-8-18-16(5-1)19-11-15-6-9-20(13-15)12-14-4-3-7-17-10-14/h1-5,7-8,10,15H,6,9,11-13H2,(H,18,19)/t15-/m0/s1. The SMILES string of the molecule is c1ccc(NC[C@@H]2CCN(Cc3cccnc3)C2)nc1. The van der Waals surface area contributed by atoms with E-state index >= 15 is 0 Å². The maximum atomic E-state index is 4.29. The van der Waals surface area contributed by atoms with Gasteiger partial charge >= 0.3 is 0 Å². The molecule has 1 N–H and O–H groups in total. The molecule has 0 aliphatic carbocycles.